The summed E-state index contributed by atoms with van der Waals surface area (Å²) in [6.45, 7) is 1.81. The van der Waals surface area contributed by atoms with E-state index in [9.17, 15) is 9.59 Å². The van der Waals surface area contributed by atoms with E-state index in [0.29, 0.717) is 22.7 Å². The maximum absolute atomic E-state index is 12.0. The van der Waals surface area contributed by atoms with Gasteiger partial charge in [0, 0.05) is 18.7 Å². The number of carbonyl (C=O) groups is 2. The largest absolute Gasteiger partial charge is 0.355 e. The summed E-state index contributed by atoms with van der Waals surface area (Å²) < 4.78 is 5.03. The number of aromatic nitrogens is 2. The standard InChI is InChI=1S/C18H16N4O3/c1-11-15-9-14(10-20-18(15)25-22-11)21-16(23)8-5-12-3-6-13(7-4-12)17(24)19-2/h3-10H,1-2H3,(H,19,24)(H,21,23)/b8-5-. The zero-order valence-corrected chi connectivity index (χ0v) is 13.7. The lowest BCUT2D eigenvalue weighted by Crippen LogP contribution is -2.17. The van der Waals surface area contributed by atoms with E-state index in [2.05, 4.69) is 20.8 Å². The van der Waals surface area contributed by atoms with Crippen LogP contribution in [0.5, 0.6) is 0 Å². The zero-order valence-electron chi connectivity index (χ0n) is 13.7. The molecule has 0 aliphatic rings. The highest BCUT2D eigenvalue weighted by Crippen LogP contribution is 2.19. The highest BCUT2D eigenvalue weighted by atomic mass is 16.5. The second-order valence-electron chi connectivity index (χ2n) is 5.37. The van der Waals surface area contributed by atoms with E-state index < -0.39 is 0 Å². The molecule has 0 atom stereocenters. The van der Waals surface area contributed by atoms with Gasteiger partial charge in [-0.3, -0.25) is 9.59 Å². The molecule has 2 heterocycles. The first kappa shape index (κ1) is 16.4. The summed E-state index contributed by atoms with van der Waals surface area (Å²) in [5.74, 6) is -0.439. The molecule has 0 saturated carbocycles. The molecule has 0 radical (unpaired) electrons. The lowest BCUT2D eigenvalue weighted by atomic mass is 10.1. The number of amides is 2. The van der Waals surface area contributed by atoms with Crippen molar-refractivity contribution in [1.29, 1.82) is 0 Å². The third kappa shape index (κ3) is 3.72. The monoisotopic (exact) mass is 336 g/mol. The molecular weight excluding hydrogens is 320 g/mol. The van der Waals surface area contributed by atoms with Crippen LogP contribution in [-0.4, -0.2) is 29.0 Å². The van der Waals surface area contributed by atoms with Gasteiger partial charge in [0.2, 0.25) is 5.91 Å². The number of fused-ring (bicyclic) bond motifs is 1. The lowest BCUT2D eigenvalue weighted by molar-refractivity contribution is -0.111. The summed E-state index contributed by atoms with van der Waals surface area (Å²) in [6, 6.07) is 8.69. The SMILES string of the molecule is CNC(=O)c1ccc(/C=C\C(=O)Nc2cnc3onc(C)c3c2)cc1. The number of carbonyl (C=O) groups excluding carboxylic acids is 2. The van der Waals surface area contributed by atoms with Gasteiger partial charge in [0.25, 0.3) is 11.6 Å². The molecule has 3 rings (SSSR count). The van der Waals surface area contributed by atoms with Gasteiger partial charge < -0.3 is 15.2 Å². The normalized spacial score (nSPS) is 11.0. The molecule has 0 bridgehead atoms. The van der Waals surface area contributed by atoms with E-state index in [0.717, 1.165) is 10.9 Å². The predicted molar refractivity (Wildman–Crippen MR) is 94.0 cm³/mol. The van der Waals surface area contributed by atoms with Gasteiger partial charge in [-0.05, 0) is 36.8 Å². The molecule has 126 valence electrons. The number of nitrogens with one attached hydrogen (secondary N) is 2. The first-order valence-electron chi connectivity index (χ1n) is 7.60. The smallest absolute Gasteiger partial charge is 0.258 e. The Kier molecular flexibility index (Phi) is 4.56. The minimum absolute atomic E-state index is 0.153. The average molecular weight is 336 g/mol. The minimum atomic E-state index is -0.286. The van der Waals surface area contributed by atoms with Crippen LogP contribution in [0.4, 0.5) is 5.69 Å². The van der Waals surface area contributed by atoms with Crippen LogP contribution in [0.15, 0.2) is 47.1 Å². The number of aryl methyl sites for hydroxylation is 1. The fourth-order valence-electron chi connectivity index (χ4n) is 2.26. The molecule has 0 fully saturated rings. The summed E-state index contributed by atoms with van der Waals surface area (Å²) in [6.07, 6.45) is 4.59. The van der Waals surface area contributed by atoms with Crippen LogP contribution in [-0.2, 0) is 4.79 Å². The van der Waals surface area contributed by atoms with Crippen molar-refractivity contribution in [3.8, 4) is 0 Å². The summed E-state index contributed by atoms with van der Waals surface area (Å²) in [4.78, 5) is 27.6. The van der Waals surface area contributed by atoms with Gasteiger partial charge in [-0.15, -0.1) is 0 Å². The molecule has 3 aromatic rings. The Hall–Kier alpha value is -3.48. The van der Waals surface area contributed by atoms with Crippen LogP contribution < -0.4 is 10.6 Å². The van der Waals surface area contributed by atoms with Gasteiger partial charge in [-0.1, -0.05) is 17.3 Å². The van der Waals surface area contributed by atoms with E-state index in [1.807, 2.05) is 6.92 Å². The summed E-state index contributed by atoms with van der Waals surface area (Å²) in [5.41, 5.74) is 3.08. The van der Waals surface area contributed by atoms with Crippen molar-refractivity contribution in [2.75, 3.05) is 12.4 Å². The minimum Gasteiger partial charge on any atom is -0.355 e. The Morgan fingerprint density at radius 1 is 1.20 bits per heavy atom. The number of anilines is 1. The number of nitrogens with zero attached hydrogens (tertiary/aromatic N) is 2. The number of pyridine rings is 1. The van der Waals surface area contributed by atoms with Crippen molar-refractivity contribution in [3.63, 3.8) is 0 Å². The first-order valence-corrected chi connectivity index (χ1v) is 7.60. The second kappa shape index (κ2) is 6.96. The van der Waals surface area contributed by atoms with Crippen molar-refractivity contribution in [2.24, 2.45) is 0 Å². The fourth-order valence-corrected chi connectivity index (χ4v) is 2.26. The highest BCUT2D eigenvalue weighted by Gasteiger charge is 2.07. The molecule has 0 spiro atoms. The molecular formula is C18H16N4O3. The second-order valence-corrected chi connectivity index (χ2v) is 5.37. The predicted octanol–water partition coefficient (Wildman–Crippen LogP) is 2.54. The molecule has 0 unspecified atom stereocenters. The van der Waals surface area contributed by atoms with Gasteiger partial charge in [-0.25, -0.2) is 4.98 Å². The molecule has 7 heteroatoms. The Balaban J connectivity index is 1.67. The van der Waals surface area contributed by atoms with E-state index >= 15 is 0 Å². The topological polar surface area (TPSA) is 97.1 Å². The first-order chi connectivity index (χ1) is 12.1. The molecule has 0 aliphatic carbocycles. The van der Waals surface area contributed by atoms with Gasteiger partial charge in [-0.2, -0.15) is 0 Å². The maximum Gasteiger partial charge on any atom is 0.258 e. The summed E-state index contributed by atoms with van der Waals surface area (Å²) in [5, 5.41) is 9.87. The number of hydrogen-bond acceptors (Lipinski definition) is 5. The summed E-state index contributed by atoms with van der Waals surface area (Å²) in [7, 11) is 1.58. The Bertz CT molecular complexity index is 958. The third-order valence-electron chi connectivity index (χ3n) is 3.60. The molecule has 2 N–H and O–H groups in total. The lowest BCUT2D eigenvalue weighted by Gasteiger charge is -2.02. The molecule has 2 aromatic heterocycles. The van der Waals surface area contributed by atoms with Gasteiger partial charge >= 0.3 is 0 Å². The van der Waals surface area contributed by atoms with Crippen LogP contribution in [0.2, 0.25) is 0 Å². The van der Waals surface area contributed by atoms with E-state index in [1.54, 1.807) is 43.5 Å². The van der Waals surface area contributed by atoms with Gasteiger partial charge in [0.1, 0.15) is 0 Å². The number of hydrogen-bond donors (Lipinski definition) is 2. The van der Waals surface area contributed by atoms with Crippen LogP contribution in [0.3, 0.4) is 0 Å². The van der Waals surface area contributed by atoms with Crippen molar-refractivity contribution >= 4 is 34.7 Å². The molecule has 0 saturated heterocycles. The molecule has 25 heavy (non-hydrogen) atoms. The Morgan fingerprint density at radius 2 is 1.96 bits per heavy atom. The fraction of sp³-hybridized carbons (Fsp3) is 0.111. The van der Waals surface area contributed by atoms with Crippen LogP contribution >= 0.6 is 0 Å². The van der Waals surface area contributed by atoms with Crippen molar-refractivity contribution in [2.45, 2.75) is 6.92 Å². The number of benzene rings is 1. The Morgan fingerprint density at radius 3 is 2.68 bits per heavy atom. The van der Waals surface area contributed by atoms with Gasteiger partial charge in [0.15, 0.2) is 0 Å². The molecule has 2 amide bonds. The highest BCUT2D eigenvalue weighted by molar-refractivity contribution is 6.02. The van der Waals surface area contributed by atoms with Crippen molar-refractivity contribution in [3.05, 3.63) is 59.4 Å². The molecule has 1 aromatic carbocycles. The molecule has 7 nitrogen and oxygen atoms in total. The zero-order chi connectivity index (χ0) is 17.8. The number of rotatable bonds is 4. The summed E-state index contributed by atoms with van der Waals surface area (Å²) >= 11 is 0. The van der Waals surface area contributed by atoms with E-state index in [1.165, 1.54) is 12.3 Å². The van der Waals surface area contributed by atoms with Crippen LogP contribution in [0.25, 0.3) is 17.2 Å². The van der Waals surface area contributed by atoms with Crippen LogP contribution in [0, 0.1) is 6.92 Å². The molecule has 0 aliphatic heterocycles. The van der Waals surface area contributed by atoms with Gasteiger partial charge in [0.05, 0.1) is 23.0 Å². The average Bonchev–Trinajstić information content (AvgIpc) is 3.00. The van der Waals surface area contributed by atoms with E-state index in [4.69, 9.17) is 4.52 Å². The van der Waals surface area contributed by atoms with Crippen LogP contribution in [0.1, 0.15) is 21.6 Å². The van der Waals surface area contributed by atoms with Crippen molar-refractivity contribution < 1.29 is 14.1 Å². The quantitative estimate of drug-likeness (QED) is 0.714. The van der Waals surface area contributed by atoms with Crippen molar-refractivity contribution in [1.82, 2.24) is 15.5 Å². The Labute approximate surface area is 143 Å². The third-order valence-corrected chi connectivity index (χ3v) is 3.60. The maximum atomic E-state index is 12.0. The van der Waals surface area contributed by atoms with E-state index in [-0.39, 0.29) is 11.8 Å².